The molecule has 1 heterocycles. The van der Waals surface area contributed by atoms with E-state index in [9.17, 15) is 0 Å². The predicted molar refractivity (Wildman–Crippen MR) is 117 cm³/mol. The summed E-state index contributed by atoms with van der Waals surface area (Å²) in [5, 5.41) is 4.27. The summed E-state index contributed by atoms with van der Waals surface area (Å²) in [6.07, 6.45) is 9.44. The molecule has 1 aliphatic rings. The molecule has 0 saturated carbocycles. The minimum absolute atomic E-state index is 0.374. The van der Waals surface area contributed by atoms with Gasteiger partial charge in [-0.05, 0) is 42.9 Å². The van der Waals surface area contributed by atoms with Crippen LogP contribution in [0, 0.1) is 6.92 Å². The summed E-state index contributed by atoms with van der Waals surface area (Å²) in [4.78, 5) is 4.55. The highest BCUT2D eigenvalue weighted by Crippen LogP contribution is 2.29. The lowest BCUT2D eigenvalue weighted by Crippen LogP contribution is -2.19. The number of imidazole rings is 1. The molecule has 5 nitrogen and oxygen atoms in total. The van der Waals surface area contributed by atoms with Crippen LogP contribution in [-0.2, 0) is 13.0 Å². The number of nitrogens with zero attached hydrogens (tertiary/aromatic N) is 3. The number of hydrogen-bond donors (Lipinski definition) is 2. The van der Waals surface area contributed by atoms with Crippen LogP contribution in [0.3, 0.4) is 0 Å². The number of unbranched alkanes of at least 4 members (excludes halogenated alkanes) is 1. The third-order valence-electron chi connectivity index (χ3n) is 5.17. The fourth-order valence-electron chi connectivity index (χ4n) is 3.53. The van der Waals surface area contributed by atoms with Gasteiger partial charge >= 0.3 is 0 Å². The second-order valence-electron chi connectivity index (χ2n) is 7.12. The Labute approximate surface area is 171 Å². The molecule has 0 spiro atoms. The standard InChI is InChI=1S/C22H28ClN5/c1-3-4-9-20-26-21(23)15(2)28(20)14-16-10-12-17(13-11-16)18-7-5-6-8-19(18)22(24)27-25/h7-8,10-13H,3-6,9,14,25H2,1-2H3,(H2,24,27). The number of aromatic nitrogens is 2. The van der Waals surface area contributed by atoms with Gasteiger partial charge in [-0.15, -0.1) is 0 Å². The average molecular weight is 398 g/mol. The quantitative estimate of drug-likeness (QED) is 0.310. The summed E-state index contributed by atoms with van der Waals surface area (Å²) in [7, 11) is 0. The summed E-state index contributed by atoms with van der Waals surface area (Å²) in [5.74, 6) is 6.82. The molecular formula is C22H28ClN5. The fraction of sp³-hybridized carbons (Fsp3) is 0.364. The van der Waals surface area contributed by atoms with E-state index in [2.05, 4.69) is 58.0 Å². The summed E-state index contributed by atoms with van der Waals surface area (Å²) < 4.78 is 2.22. The van der Waals surface area contributed by atoms with Crippen molar-refractivity contribution in [2.45, 2.75) is 52.5 Å². The largest absolute Gasteiger partial charge is 0.382 e. The Morgan fingerprint density at radius 1 is 1.21 bits per heavy atom. The predicted octanol–water partition coefficient (Wildman–Crippen LogP) is 4.57. The molecule has 0 radical (unpaired) electrons. The third kappa shape index (κ3) is 4.30. The van der Waals surface area contributed by atoms with E-state index >= 15 is 0 Å². The van der Waals surface area contributed by atoms with Crippen LogP contribution in [-0.4, -0.2) is 15.4 Å². The number of nitrogens with two attached hydrogens (primary N) is 2. The van der Waals surface area contributed by atoms with Crippen molar-refractivity contribution in [3.63, 3.8) is 0 Å². The molecule has 0 atom stereocenters. The highest BCUT2D eigenvalue weighted by molar-refractivity contribution is 6.30. The molecule has 1 aromatic carbocycles. The van der Waals surface area contributed by atoms with Crippen molar-refractivity contribution in [3.8, 4) is 0 Å². The number of amidine groups is 1. The van der Waals surface area contributed by atoms with E-state index in [1.807, 2.05) is 6.92 Å². The highest BCUT2D eigenvalue weighted by Gasteiger charge is 2.16. The Hall–Kier alpha value is -2.53. The first-order valence-corrected chi connectivity index (χ1v) is 10.2. The first-order valence-electron chi connectivity index (χ1n) is 9.80. The van der Waals surface area contributed by atoms with Gasteiger partial charge in [0, 0.05) is 18.5 Å². The van der Waals surface area contributed by atoms with E-state index in [-0.39, 0.29) is 0 Å². The van der Waals surface area contributed by atoms with E-state index in [0.29, 0.717) is 11.0 Å². The zero-order valence-corrected chi connectivity index (χ0v) is 17.3. The Morgan fingerprint density at radius 3 is 2.61 bits per heavy atom. The second kappa shape index (κ2) is 9.11. The molecule has 28 heavy (non-hydrogen) atoms. The van der Waals surface area contributed by atoms with Crippen LogP contribution in [0.5, 0.6) is 0 Å². The molecule has 0 aliphatic heterocycles. The average Bonchev–Trinajstić information content (AvgIpc) is 3.00. The molecule has 0 unspecified atom stereocenters. The lowest BCUT2D eigenvalue weighted by molar-refractivity contribution is 0.667. The lowest BCUT2D eigenvalue weighted by Gasteiger charge is -2.16. The van der Waals surface area contributed by atoms with Gasteiger partial charge in [-0.2, -0.15) is 5.10 Å². The number of aryl methyl sites for hydroxylation is 1. The summed E-state index contributed by atoms with van der Waals surface area (Å²) in [5.41, 5.74) is 11.3. The minimum atomic E-state index is 0.374. The molecule has 0 saturated heterocycles. The van der Waals surface area contributed by atoms with Gasteiger partial charge in [-0.1, -0.05) is 61.4 Å². The van der Waals surface area contributed by atoms with Gasteiger partial charge in [-0.3, -0.25) is 0 Å². The zero-order valence-electron chi connectivity index (χ0n) is 16.6. The summed E-state index contributed by atoms with van der Waals surface area (Å²) in [6, 6.07) is 8.55. The van der Waals surface area contributed by atoms with Gasteiger partial charge in [0.1, 0.15) is 11.0 Å². The number of allylic oxidation sites excluding steroid dienone is 2. The highest BCUT2D eigenvalue weighted by atomic mass is 35.5. The molecule has 1 aromatic heterocycles. The van der Waals surface area contributed by atoms with Crippen molar-refractivity contribution in [1.82, 2.24) is 9.55 Å². The van der Waals surface area contributed by atoms with Gasteiger partial charge in [0.25, 0.3) is 0 Å². The molecule has 6 heteroatoms. The SMILES string of the molecule is CCCCc1nc(Cl)c(C)n1Cc1ccc(C2=CCCC=C2/C(N)=N/N)cc1. The first-order chi connectivity index (χ1) is 13.5. The van der Waals surface area contributed by atoms with Crippen molar-refractivity contribution in [1.29, 1.82) is 0 Å². The smallest absolute Gasteiger partial charge is 0.150 e. The van der Waals surface area contributed by atoms with Crippen LogP contribution in [0.15, 0.2) is 47.1 Å². The molecule has 148 valence electrons. The topological polar surface area (TPSA) is 82.2 Å². The molecule has 2 aromatic rings. The van der Waals surface area contributed by atoms with Crippen molar-refractivity contribution >= 4 is 23.0 Å². The monoisotopic (exact) mass is 397 g/mol. The van der Waals surface area contributed by atoms with Crippen LogP contribution >= 0.6 is 11.6 Å². The van der Waals surface area contributed by atoms with Crippen LogP contribution in [0.25, 0.3) is 5.57 Å². The van der Waals surface area contributed by atoms with E-state index in [1.165, 1.54) is 5.56 Å². The molecule has 1 aliphatic carbocycles. The Kier molecular flexibility index (Phi) is 6.57. The number of rotatable bonds is 7. The van der Waals surface area contributed by atoms with E-state index in [0.717, 1.165) is 66.9 Å². The minimum Gasteiger partial charge on any atom is -0.382 e. The van der Waals surface area contributed by atoms with Crippen LogP contribution in [0.4, 0.5) is 0 Å². The third-order valence-corrected chi connectivity index (χ3v) is 5.53. The van der Waals surface area contributed by atoms with Crippen molar-refractivity contribution in [2.75, 3.05) is 0 Å². The fourth-order valence-corrected chi connectivity index (χ4v) is 3.73. The number of benzene rings is 1. The zero-order chi connectivity index (χ0) is 20.1. The normalized spacial score (nSPS) is 14.8. The molecule has 0 fully saturated rings. The molecule has 4 N–H and O–H groups in total. The van der Waals surface area contributed by atoms with Gasteiger partial charge in [0.2, 0.25) is 0 Å². The van der Waals surface area contributed by atoms with Gasteiger partial charge < -0.3 is 16.1 Å². The van der Waals surface area contributed by atoms with Crippen molar-refractivity contribution in [3.05, 3.63) is 69.8 Å². The lowest BCUT2D eigenvalue weighted by atomic mass is 9.91. The Balaban J connectivity index is 1.83. The number of hydrogen-bond acceptors (Lipinski definition) is 3. The Bertz CT molecular complexity index is 919. The first kappa shape index (κ1) is 20.2. The van der Waals surface area contributed by atoms with Crippen LogP contribution in [0.1, 0.15) is 55.3 Å². The molecular weight excluding hydrogens is 370 g/mol. The summed E-state index contributed by atoms with van der Waals surface area (Å²) >= 11 is 6.29. The van der Waals surface area contributed by atoms with E-state index < -0.39 is 0 Å². The molecule has 0 amide bonds. The van der Waals surface area contributed by atoms with Crippen LogP contribution < -0.4 is 11.6 Å². The second-order valence-corrected chi connectivity index (χ2v) is 7.48. The maximum absolute atomic E-state index is 6.29. The van der Waals surface area contributed by atoms with E-state index in [4.69, 9.17) is 23.2 Å². The molecule has 0 bridgehead atoms. The van der Waals surface area contributed by atoms with Crippen LogP contribution in [0.2, 0.25) is 5.15 Å². The van der Waals surface area contributed by atoms with Gasteiger partial charge in [-0.25, -0.2) is 4.98 Å². The van der Waals surface area contributed by atoms with Crippen molar-refractivity contribution < 1.29 is 0 Å². The van der Waals surface area contributed by atoms with Gasteiger partial charge in [0.15, 0.2) is 5.84 Å². The maximum atomic E-state index is 6.29. The molecule has 3 rings (SSSR count). The van der Waals surface area contributed by atoms with E-state index in [1.54, 1.807) is 0 Å². The number of hydrazone groups is 1. The van der Waals surface area contributed by atoms with Crippen molar-refractivity contribution in [2.24, 2.45) is 16.7 Å². The Morgan fingerprint density at radius 2 is 1.93 bits per heavy atom. The summed E-state index contributed by atoms with van der Waals surface area (Å²) in [6.45, 7) is 4.97. The maximum Gasteiger partial charge on any atom is 0.150 e. The van der Waals surface area contributed by atoms with Gasteiger partial charge in [0.05, 0.1) is 5.69 Å². The number of halogens is 1.